The van der Waals surface area contributed by atoms with Gasteiger partial charge in [-0.15, -0.1) is 11.8 Å². The Bertz CT molecular complexity index is 1020. The number of fused-ring (bicyclic) bond motifs is 2. The van der Waals surface area contributed by atoms with Gasteiger partial charge in [-0.05, 0) is 61.6 Å². The van der Waals surface area contributed by atoms with Crippen LogP contribution in [0.15, 0.2) is 47.4 Å². The van der Waals surface area contributed by atoms with E-state index < -0.39 is 0 Å². The highest BCUT2D eigenvalue weighted by Crippen LogP contribution is 2.37. The van der Waals surface area contributed by atoms with Crippen LogP contribution in [0, 0.1) is 0 Å². The first kappa shape index (κ1) is 18.6. The first-order chi connectivity index (χ1) is 13.1. The predicted octanol–water partition coefficient (Wildman–Crippen LogP) is 6.15. The normalized spacial score (nSPS) is 13.4. The number of aromatic nitrogens is 1. The second kappa shape index (κ2) is 8.09. The molecule has 1 aliphatic carbocycles. The number of carbonyl (C=O) groups is 1. The van der Waals surface area contributed by atoms with Crippen LogP contribution in [0.4, 0.5) is 5.69 Å². The molecule has 0 saturated carbocycles. The summed E-state index contributed by atoms with van der Waals surface area (Å²) in [5.74, 6) is 0.230. The average Bonchev–Trinajstić information content (AvgIpc) is 2.67. The van der Waals surface area contributed by atoms with Gasteiger partial charge in [-0.25, -0.2) is 0 Å². The lowest BCUT2D eigenvalue weighted by Crippen LogP contribution is -2.15. The Kier molecular flexibility index (Phi) is 5.58. The van der Waals surface area contributed by atoms with E-state index in [1.54, 1.807) is 23.9 Å². The van der Waals surface area contributed by atoms with Gasteiger partial charge in [0.1, 0.15) is 0 Å². The Morgan fingerprint density at radius 1 is 1.11 bits per heavy atom. The molecule has 2 aromatic carbocycles. The molecule has 27 heavy (non-hydrogen) atoms. The number of halogens is 2. The van der Waals surface area contributed by atoms with Crippen LogP contribution in [-0.4, -0.2) is 16.6 Å². The van der Waals surface area contributed by atoms with Crippen molar-refractivity contribution in [3.63, 3.8) is 0 Å². The first-order valence-corrected chi connectivity index (χ1v) is 10.6. The van der Waals surface area contributed by atoms with Gasteiger partial charge in [-0.1, -0.05) is 35.3 Å². The van der Waals surface area contributed by atoms with Crippen LogP contribution in [0.3, 0.4) is 0 Å². The lowest BCUT2D eigenvalue weighted by atomic mass is 9.94. The molecule has 6 heteroatoms. The minimum Gasteiger partial charge on any atom is -0.324 e. The Morgan fingerprint density at radius 2 is 1.93 bits per heavy atom. The number of carbonyl (C=O) groups excluding carboxylic acids is 1. The monoisotopic (exact) mass is 416 g/mol. The summed E-state index contributed by atoms with van der Waals surface area (Å²) in [5.41, 5.74) is 4.00. The molecule has 1 amide bonds. The molecule has 1 heterocycles. The number of pyridine rings is 1. The predicted molar refractivity (Wildman–Crippen MR) is 114 cm³/mol. The van der Waals surface area contributed by atoms with Crippen LogP contribution in [0.5, 0.6) is 0 Å². The van der Waals surface area contributed by atoms with Crippen molar-refractivity contribution in [2.75, 3.05) is 11.1 Å². The zero-order valence-corrected chi connectivity index (χ0v) is 16.9. The van der Waals surface area contributed by atoms with Gasteiger partial charge in [0.2, 0.25) is 5.91 Å². The quantitative estimate of drug-likeness (QED) is 0.518. The first-order valence-electron chi connectivity index (χ1n) is 8.90. The van der Waals surface area contributed by atoms with Crippen molar-refractivity contribution >= 4 is 57.5 Å². The Morgan fingerprint density at radius 3 is 2.78 bits per heavy atom. The molecule has 0 bridgehead atoms. The third-order valence-corrected chi connectivity index (χ3v) is 6.39. The molecule has 3 nitrogen and oxygen atoms in total. The molecule has 0 unspecified atom stereocenters. The molecule has 0 spiro atoms. The summed E-state index contributed by atoms with van der Waals surface area (Å²) in [6, 6.07) is 13.0. The molecule has 1 aromatic heterocycles. The van der Waals surface area contributed by atoms with Crippen molar-refractivity contribution < 1.29 is 4.79 Å². The van der Waals surface area contributed by atoms with E-state index in [9.17, 15) is 4.79 Å². The standard InChI is InChI=1S/C21H18Cl2N2OS/c22-13-9-10-18-15(11-13)21(14-5-1-3-7-17(14)24-18)27-12-20(26)25-19-8-4-2-6-16(19)23/h2,4,6,8-11H,1,3,5,7,12H2,(H,25,26). The molecule has 0 atom stereocenters. The van der Waals surface area contributed by atoms with E-state index in [0.717, 1.165) is 47.2 Å². The van der Waals surface area contributed by atoms with Crippen LogP contribution in [0.2, 0.25) is 10.0 Å². The van der Waals surface area contributed by atoms with Gasteiger partial charge in [0.05, 0.1) is 22.0 Å². The summed E-state index contributed by atoms with van der Waals surface area (Å²) in [6.45, 7) is 0. The summed E-state index contributed by atoms with van der Waals surface area (Å²) in [6.07, 6.45) is 4.31. The van der Waals surface area contributed by atoms with E-state index in [0.29, 0.717) is 21.5 Å². The number of amides is 1. The van der Waals surface area contributed by atoms with Crippen molar-refractivity contribution in [3.8, 4) is 0 Å². The van der Waals surface area contributed by atoms with Crippen molar-refractivity contribution in [2.45, 2.75) is 30.6 Å². The van der Waals surface area contributed by atoms with Crippen molar-refractivity contribution in [1.29, 1.82) is 0 Å². The average molecular weight is 417 g/mol. The van der Waals surface area contributed by atoms with E-state index in [-0.39, 0.29) is 5.91 Å². The molecule has 0 saturated heterocycles. The molecular weight excluding hydrogens is 399 g/mol. The number of benzene rings is 2. The number of nitrogens with one attached hydrogen (secondary N) is 1. The lowest BCUT2D eigenvalue weighted by molar-refractivity contribution is -0.113. The van der Waals surface area contributed by atoms with Crippen LogP contribution >= 0.6 is 35.0 Å². The maximum atomic E-state index is 12.5. The number of nitrogens with zero attached hydrogens (tertiary/aromatic N) is 1. The van der Waals surface area contributed by atoms with Gasteiger partial charge >= 0.3 is 0 Å². The van der Waals surface area contributed by atoms with E-state index in [1.807, 2.05) is 30.3 Å². The van der Waals surface area contributed by atoms with E-state index in [1.165, 1.54) is 5.56 Å². The highest BCUT2D eigenvalue weighted by atomic mass is 35.5. The van der Waals surface area contributed by atoms with E-state index >= 15 is 0 Å². The molecular formula is C21H18Cl2N2OS. The van der Waals surface area contributed by atoms with Gasteiger partial charge in [-0.3, -0.25) is 9.78 Å². The Balaban J connectivity index is 1.62. The number of anilines is 1. The number of thioether (sulfide) groups is 1. The van der Waals surface area contributed by atoms with Gasteiger partial charge in [-0.2, -0.15) is 0 Å². The van der Waals surface area contributed by atoms with Crippen LogP contribution in [0.25, 0.3) is 10.9 Å². The third-order valence-electron chi connectivity index (χ3n) is 4.67. The second-order valence-electron chi connectivity index (χ2n) is 6.55. The van der Waals surface area contributed by atoms with Crippen molar-refractivity contribution in [1.82, 2.24) is 4.98 Å². The molecule has 0 fully saturated rings. The second-order valence-corrected chi connectivity index (χ2v) is 8.38. The minimum atomic E-state index is -0.0790. The van der Waals surface area contributed by atoms with Gasteiger partial charge in [0.25, 0.3) is 0 Å². The summed E-state index contributed by atoms with van der Waals surface area (Å²) < 4.78 is 0. The number of hydrogen-bond acceptors (Lipinski definition) is 3. The smallest absolute Gasteiger partial charge is 0.234 e. The number of rotatable bonds is 4. The largest absolute Gasteiger partial charge is 0.324 e. The number of para-hydroxylation sites is 1. The molecule has 3 aromatic rings. The minimum absolute atomic E-state index is 0.0790. The maximum absolute atomic E-state index is 12.5. The summed E-state index contributed by atoms with van der Waals surface area (Å²) >= 11 is 13.9. The van der Waals surface area contributed by atoms with E-state index in [2.05, 4.69) is 5.32 Å². The lowest BCUT2D eigenvalue weighted by Gasteiger charge is -2.20. The van der Waals surface area contributed by atoms with E-state index in [4.69, 9.17) is 28.2 Å². The summed E-state index contributed by atoms with van der Waals surface area (Å²) in [4.78, 5) is 18.4. The zero-order chi connectivity index (χ0) is 18.8. The maximum Gasteiger partial charge on any atom is 0.234 e. The topological polar surface area (TPSA) is 42.0 Å². The Labute approximate surface area is 172 Å². The summed E-state index contributed by atoms with van der Waals surface area (Å²) in [7, 11) is 0. The van der Waals surface area contributed by atoms with Crippen LogP contribution in [-0.2, 0) is 17.6 Å². The molecule has 1 aliphatic rings. The summed E-state index contributed by atoms with van der Waals surface area (Å²) in [5, 5.41) is 5.13. The fourth-order valence-electron chi connectivity index (χ4n) is 3.40. The zero-order valence-electron chi connectivity index (χ0n) is 14.6. The molecule has 1 N–H and O–H groups in total. The van der Waals surface area contributed by atoms with Gasteiger partial charge in [0.15, 0.2) is 0 Å². The SMILES string of the molecule is O=C(CSc1c2c(nc3ccc(Cl)cc13)CCCC2)Nc1ccccc1Cl. The van der Waals surface area contributed by atoms with Gasteiger partial charge in [0, 0.05) is 21.0 Å². The van der Waals surface area contributed by atoms with Crippen LogP contribution in [0.1, 0.15) is 24.1 Å². The molecule has 4 rings (SSSR count). The number of aryl methyl sites for hydroxylation is 1. The molecule has 138 valence electrons. The van der Waals surface area contributed by atoms with Crippen molar-refractivity contribution in [2.24, 2.45) is 0 Å². The fraction of sp³-hybridized carbons (Fsp3) is 0.238. The fourth-order valence-corrected chi connectivity index (χ4v) is 4.82. The van der Waals surface area contributed by atoms with Gasteiger partial charge < -0.3 is 5.32 Å². The van der Waals surface area contributed by atoms with Crippen LogP contribution < -0.4 is 5.32 Å². The third kappa shape index (κ3) is 4.08. The number of hydrogen-bond donors (Lipinski definition) is 1. The molecule has 0 radical (unpaired) electrons. The Hall–Kier alpha value is -1.75. The molecule has 0 aliphatic heterocycles. The highest BCUT2D eigenvalue weighted by molar-refractivity contribution is 8.00. The highest BCUT2D eigenvalue weighted by Gasteiger charge is 2.19. The van der Waals surface area contributed by atoms with Crippen molar-refractivity contribution in [3.05, 3.63) is 63.8 Å².